The highest BCUT2D eigenvalue weighted by Crippen LogP contribution is 2.10. The molecule has 0 aliphatic heterocycles. The standard InChI is InChI=1S/C22H37N3O10/c1-12(2)11-15(20(32)34-6)24-18(30)13(7-9-16(26)27)23-19(31)14(8-10-17(28)29)25-21(33)35-22(3,4)5/h12-15H,7-11H2,1-6H3,(H,23,31)(H,24,30)(H,25,33)(H,26,27)(H,28,29)/t13-,14-,15+/m0/s1. The molecule has 0 unspecified atom stereocenters. The number of alkyl carbamates (subject to hydrolysis) is 1. The average molecular weight is 504 g/mol. The first-order valence-corrected chi connectivity index (χ1v) is 11.2. The van der Waals surface area contributed by atoms with Gasteiger partial charge in [0.25, 0.3) is 0 Å². The van der Waals surface area contributed by atoms with Gasteiger partial charge in [-0.05, 0) is 46.0 Å². The summed E-state index contributed by atoms with van der Waals surface area (Å²) in [7, 11) is 1.15. The molecule has 5 N–H and O–H groups in total. The summed E-state index contributed by atoms with van der Waals surface area (Å²) in [6.07, 6.45) is -2.33. The van der Waals surface area contributed by atoms with Gasteiger partial charge in [0.2, 0.25) is 11.8 Å². The summed E-state index contributed by atoms with van der Waals surface area (Å²) < 4.78 is 9.80. The number of carboxylic acids is 2. The van der Waals surface area contributed by atoms with E-state index in [1.165, 1.54) is 0 Å². The number of hydrogen-bond acceptors (Lipinski definition) is 8. The zero-order valence-corrected chi connectivity index (χ0v) is 21.0. The van der Waals surface area contributed by atoms with Crippen molar-refractivity contribution in [3.63, 3.8) is 0 Å². The first-order valence-electron chi connectivity index (χ1n) is 11.2. The number of hydrogen-bond donors (Lipinski definition) is 5. The van der Waals surface area contributed by atoms with Gasteiger partial charge in [-0.15, -0.1) is 0 Å². The fraction of sp³-hybridized carbons (Fsp3) is 0.727. The van der Waals surface area contributed by atoms with Crippen molar-refractivity contribution >= 4 is 35.8 Å². The van der Waals surface area contributed by atoms with Crippen LogP contribution >= 0.6 is 0 Å². The monoisotopic (exact) mass is 503 g/mol. The molecule has 3 atom stereocenters. The second-order valence-corrected chi connectivity index (χ2v) is 9.34. The molecule has 0 bridgehead atoms. The molecular formula is C22H37N3O10. The third-order valence-electron chi connectivity index (χ3n) is 4.44. The number of carbonyl (C=O) groups excluding carboxylic acids is 4. The Kier molecular flexibility index (Phi) is 13.4. The molecule has 0 radical (unpaired) electrons. The smallest absolute Gasteiger partial charge is 0.408 e. The minimum Gasteiger partial charge on any atom is -0.481 e. The maximum absolute atomic E-state index is 12.9. The molecule has 35 heavy (non-hydrogen) atoms. The lowest BCUT2D eigenvalue weighted by Gasteiger charge is -2.26. The van der Waals surface area contributed by atoms with Crippen LogP contribution in [-0.2, 0) is 33.4 Å². The van der Waals surface area contributed by atoms with E-state index in [-0.39, 0.29) is 25.2 Å². The lowest BCUT2D eigenvalue weighted by atomic mass is 10.0. The largest absolute Gasteiger partial charge is 0.481 e. The molecule has 13 nitrogen and oxygen atoms in total. The minimum atomic E-state index is -1.38. The maximum Gasteiger partial charge on any atom is 0.408 e. The topological polar surface area (TPSA) is 197 Å². The van der Waals surface area contributed by atoms with Gasteiger partial charge in [-0.2, -0.15) is 0 Å². The Labute approximate surface area is 204 Å². The van der Waals surface area contributed by atoms with Crippen LogP contribution in [0.5, 0.6) is 0 Å². The van der Waals surface area contributed by atoms with E-state index in [1.54, 1.807) is 20.8 Å². The zero-order valence-electron chi connectivity index (χ0n) is 21.0. The molecule has 0 saturated carbocycles. The van der Waals surface area contributed by atoms with Crippen LogP contribution in [0.15, 0.2) is 0 Å². The van der Waals surface area contributed by atoms with Gasteiger partial charge in [0.1, 0.15) is 23.7 Å². The van der Waals surface area contributed by atoms with E-state index in [4.69, 9.17) is 19.7 Å². The predicted molar refractivity (Wildman–Crippen MR) is 122 cm³/mol. The van der Waals surface area contributed by atoms with E-state index < -0.39 is 72.4 Å². The van der Waals surface area contributed by atoms with Gasteiger partial charge >= 0.3 is 24.0 Å². The molecule has 0 saturated heterocycles. The molecule has 0 spiro atoms. The molecule has 0 aromatic carbocycles. The highest BCUT2D eigenvalue weighted by molar-refractivity contribution is 5.93. The van der Waals surface area contributed by atoms with Crippen molar-refractivity contribution in [3.05, 3.63) is 0 Å². The van der Waals surface area contributed by atoms with Crippen molar-refractivity contribution in [2.75, 3.05) is 7.11 Å². The average Bonchev–Trinajstić information content (AvgIpc) is 2.70. The van der Waals surface area contributed by atoms with Gasteiger partial charge in [-0.25, -0.2) is 9.59 Å². The number of methoxy groups -OCH3 is 1. The molecule has 0 aliphatic carbocycles. The Bertz CT molecular complexity index is 776. The third kappa shape index (κ3) is 14.5. The molecule has 13 heteroatoms. The van der Waals surface area contributed by atoms with Crippen molar-refractivity contribution in [2.24, 2.45) is 5.92 Å². The maximum atomic E-state index is 12.9. The SMILES string of the molecule is COC(=O)[C@@H](CC(C)C)NC(=O)[C@H](CCC(=O)O)NC(=O)[C@H](CCC(=O)O)NC(=O)OC(C)(C)C. The Balaban J connectivity index is 5.67. The van der Waals surface area contributed by atoms with Gasteiger partial charge in [0.05, 0.1) is 7.11 Å². The Morgan fingerprint density at radius 2 is 1.20 bits per heavy atom. The molecule has 0 heterocycles. The van der Waals surface area contributed by atoms with Crippen LogP contribution in [0.1, 0.15) is 66.7 Å². The molecule has 200 valence electrons. The zero-order chi connectivity index (χ0) is 27.3. The summed E-state index contributed by atoms with van der Waals surface area (Å²) in [6.45, 7) is 8.43. The number of rotatable bonds is 14. The van der Waals surface area contributed by atoms with Crippen LogP contribution in [0.4, 0.5) is 4.79 Å². The van der Waals surface area contributed by atoms with Crippen molar-refractivity contribution in [1.82, 2.24) is 16.0 Å². The Morgan fingerprint density at radius 1 is 0.771 bits per heavy atom. The first-order chi connectivity index (χ1) is 16.0. The fourth-order valence-electron chi connectivity index (χ4n) is 2.90. The summed E-state index contributed by atoms with van der Waals surface area (Å²) in [5.41, 5.74) is -0.888. The van der Waals surface area contributed by atoms with Gasteiger partial charge in [-0.3, -0.25) is 19.2 Å². The predicted octanol–water partition coefficient (Wildman–Crippen LogP) is 0.798. The van der Waals surface area contributed by atoms with Gasteiger partial charge < -0.3 is 35.6 Å². The van der Waals surface area contributed by atoms with Crippen molar-refractivity contribution < 1.29 is 48.5 Å². The van der Waals surface area contributed by atoms with Crippen molar-refractivity contribution in [1.29, 1.82) is 0 Å². The molecular weight excluding hydrogens is 466 g/mol. The van der Waals surface area contributed by atoms with Crippen LogP contribution in [0.3, 0.4) is 0 Å². The molecule has 0 aromatic heterocycles. The van der Waals surface area contributed by atoms with E-state index in [1.807, 2.05) is 13.8 Å². The number of carbonyl (C=O) groups is 6. The number of aliphatic carboxylic acids is 2. The Hall–Kier alpha value is -3.38. The highest BCUT2D eigenvalue weighted by atomic mass is 16.6. The van der Waals surface area contributed by atoms with Crippen LogP contribution in [-0.4, -0.2) is 76.9 Å². The number of carboxylic acid groups (broad SMARTS) is 2. The Morgan fingerprint density at radius 3 is 1.57 bits per heavy atom. The number of amides is 3. The molecule has 0 aliphatic rings. The summed E-state index contributed by atoms with van der Waals surface area (Å²) in [4.78, 5) is 72.0. The lowest BCUT2D eigenvalue weighted by Crippen LogP contribution is -2.56. The van der Waals surface area contributed by atoms with Crippen molar-refractivity contribution in [2.45, 2.75) is 90.4 Å². The fourth-order valence-corrected chi connectivity index (χ4v) is 2.90. The number of ether oxygens (including phenoxy) is 2. The van der Waals surface area contributed by atoms with Gasteiger partial charge in [0, 0.05) is 12.8 Å². The normalized spacial score (nSPS) is 13.7. The second-order valence-electron chi connectivity index (χ2n) is 9.34. The van der Waals surface area contributed by atoms with Crippen molar-refractivity contribution in [3.8, 4) is 0 Å². The van der Waals surface area contributed by atoms with Crippen LogP contribution in [0.25, 0.3) is 0 Å². The lowest BCUT2D eigenvalue weighted by molar-refractivity contribution is -0.146. The number of esters is 1. The van der Waals surface area contributed by atoms with E-state index in [0.29, 0.717) is 0 Å². The van der Waals surface area contributed by atoms with Crippen LogP contribution in [0.2, 0.25) is 0 Å². The molecule has 0 aromatic rings. The van der Waals surface area contributed by atoms with E-state index in [9.17, 15) is 28.8 Å². The van der Waals surface area contributed by atoms with E-state index in [2.05, 4.69) is 16.0 Å². The second kappa shape index (κ2) is 14.8. The van der Waals surface area contributed by atoms with Crippen LogP contribution in [0, 0.1) is 5.92 Å². The summed E-state index contributed by atoms with van der Waals surface area (Å²) in [5.74, 6) is -4.89. The van der Waals surface area contributed by atoms with Crippen LogP contribution < -0.4 is 16.0 Å². The van der Waals surface area contributed by atoms with E-state index in [0.717, 1.165) is 7.11 Å². The van der Waals surface area contributed by atoms with Gasteiger partial charge in [0.15, 0.2) is 0 Å². The molecule has 3 amide bonds. The summed E-state index contributed by atoms with van der Waals surface area (Å²) in [6, 6.07) is -3.79. The molecule has 0 rings (SSSR count). The van der Waals surface area contributed by atoms with Gasteiger partial charge in [-0.1, -0.05) is 13.8 Å². The first kappa shape index (κ1) is 31.6. The quantitative estimate of drug-likeness (QED) is 0.211. The minimum absolute atomic E-state index is 0.00453. The van der Waals surface area contributed by atoms with E-state index >= 15 is 0 Å². The molecule has 0 fully saturated rings. The summed E-state index contributed by atoms with van der Waals surface area (Å²) in [5, 5.41) is 25.1. The summed E-state index contributed by atoms with van der Waals surface area (Å²) >= 11 is 0. The third-order valence-corrected chi connectivity index (χ3v) is 4.44. The highest BCUT2D eigenvalue weighted by Gasteiger charge is 2.31. The number of nitrogens with one attached hydrogen (secondary N) is 3.